The van der Waals surface area contributed by atoms with Crippen molar-refractivity contribution in [1.29, 1.82) is 0 Å². The Balaban J connectivity index is 1.69. The SMILES string of the molecule is CC1(C)CCN(C(=O)NCC2CCC(C(=O)O)CC2)C1. The number of carbonyl (C=O) groups excluding carboxylic acids is 1. The number of nitrogens with zero attached hydrogens (tertiary/aromatic N) is 1. The van der Waals surface area contributed by atoms with Crippen molar-refractivity contribution in [3.8, 4) is 0 Å². The highest BCUT2D eigenvalue weighted by Crippen LogP contribution is 2.30. The lowest BCUT2D eigenvalue weighted by Gasteiger charge is -2.27. The van der Waals surface area contributed by atoms with Crippen LogP contribution in [0.4, 0.5) is 4.79 Å². The lowest BCUT2D eigenvalue weighted by atomic mass is 9.82. The number of amides is 2. The normalized spacial score (nSPS) is 29.2. The summed E-state index contributed by atoms with van der Waals surface area (Å²) in [5.41, 5.74) is 0.233. The third-order valence-electron chi connectivity index (χ3n) is 4.70. The van der Waals surface area contributed by atoms with Crippen LogP contribution in [0.2, 0.25) is 0 Å². The van der Waals surface area contributed by atoms with Gasteiger partial charge in [-0.15, -0.1) is 0 Å². The molecule has 0 aromatic rings. The van der Waals surface area contributed by atoms with E-state index in [-0.39, 0.29) is 17.4 Å². The minimum atomic E-state index is -0.674. The summed E-state index contributed by atoms with van der Waals surface area (Å²) in [6.07, 6.45) is 4.36. The predicted octanol–water partition coefficient (Wildman–Crippen LogP) is 2.32. The fourth-order valence-electron chi connectivity index (χ4n) is 3.24. The van der Waals surface area contributed by atoms with Crippen LogP contribution in [0.25, 0.3) is 0 Å². The van der Waals surface area contributed by atoms with E-state index in [1.165, 1.54) is 0 Å². The van der Waals surface area contributed by atoms with Gasteiger partial charge in [0, 0.05) is 19.6 Å². The number of carboxylic acid groups (broad SMARTS) is 1. The molecule has 0 unspecified atom stereocenters. The van der Waals surface area contributed by atoms with E-state index in [4.69, 9.17) is 5.11 Å². The maximum Gasteiger partial charge on any atom is 0.317 e. The van der Waals surface area contributed by atoms with E-state index >= 15 is 0 Å². The largest absolute Gasteiger partial charge is 0.481 e. The van der Waals surface area contributed by atoms with Crippen LogP contribution in [0.1, 0.15) is 46.0 Å². The number of nitrogens with one attached hydrogen (secondary N) is 1. The van der Waals surface area contributed by atoms with Gasteiger partial charge in [-0.3, -0.25) is 4.79 Å². The number of urea groups is 1. The number of likely N-dealkylation sites (tertiary alicyclic amines) is 1. The summed E-state index contributed by atoms with van der Waals surface area (Å²) < 4.78 is 0. The number of hydrogen-bond acceptors (Lipinski definition) is 2. The Labute approximate surface area is 120 Å². The van der Waals surface area contributed by atoms with Crippen molar-refractivity contribution in [3.63, 3.8) is 0 Å². The highest BCUT2D eigenvalue weighted by Gasteiger charge is 2.32. The Hall–Kier alpha value is -1.26. The molecule has 2 aliphatic rings. The minimum Gasteiger partial charge on any atom is -0.481 e. The van der Waals surface area contributed by atoms with Gasteiger partial charge in [0.15, 0.2) is 0 Å². The van der Waals surface area contributed by atoms with E-state index in [0.29, 0.717) is 12.5 Å². The van der Waals surface area contributed by atoms with E-state index in [0.717, 1.165) is 45.2 Å². The van der Waals surface area contributed by atoms with Crippen LogP contribution in [0, 0.1) is 17.3 Å². The van der Waals surface area contributed by atoms with Gasteiger partial charge in [0.05, 0.1) is 5.92 Å². The highest BCUT2D eigenvalue weighted by atomic mass is 16.4. The lowest BCUT2D eigenvalue weighted by Crippen LogP contribution is -2.41. The number of rotatable bonds is 3. The molecule has 0 radical (unpaired) electrons. The predicted molar refractivity (Wildman–Crippen MR) is 76.5 cm³/mol. The molecule has 1 aliphatic carbocycles. The van der Waals surface area contributed by atoms with E-state index < -0.39 is 5.97 Å². The molecular formula is C15H26N2O3. The number of carboxylic acids is 1. The highest BCUT2D eigenvalue weighted by molar-refractivity contribution is 5.74. The van der Waals surface area contributed by atoms with Crippen molar-refractivity contribution in [2.75, 3.05) is 19.6 Å². The topological polar surface area (TPSA) is 69.6 Å². The summed E-state index contributed by atoms with van der Waals surface area (Å²) in [6, 6.07) is 0.0379. The summed E-state index contributed by atoms with van der Waals surface area (Å²) in [4.78, 5) is 24.8. The fourth-order valence-corrected chi connectivity index (χ4v) is 3.24. The van der Waals surface area contributed by atoms with E-state index in [2.05, 4.69) is 19.2 Å². The van der Waals surface area contributed by atoms with Gasteiger partial charge in [-0.1, -0.05) is 13.8 Å². The molecule has 0 aromatic heterocycles. The summed E-state index contributed by atoms with van der Waals surface area (Å²) in [5, 5.41) is 12.0. The molecular weight excluding hydrogens is 256 g/mol. The Morgan fingerprint density at radius 3 is 2.40 bits per heavy atom. The molecule has 5 heteroatoms. The first kappa shape index (κ1) is 15.1. The van der Waals surface area contributed by atoms with E-state index in [1.54, 1.807) is 0 Å². The smallest absolute Gasteiger partial charge is 0.317 e. The molecule has 0 aromatic carbocycles. The molecule has 2 amide bonds. The summed E-state index contributed by atoms with van der Waals surface area (Å²) in [6.45, 7) is 6.72. The summed E-state index contributed by atoms with van der Waals surface area (Å²) in [5.74, 6) is -0.418. The molecule has 20 heavy (non-hydrogen) atoms. The van der Waals surface area contributed by atoms with Crippen molar-refractivity contribution >= 4 is 12.0 Å². The Bertz CT molecular complexity index is 373. The summed E-state index contributed by atoms with van der Waals surface area (Å²) in [7, 11) is 0. The maximum atomic E-state index is 12.1. The molecule has 2 N–H and O–H groups in total. The van der Waals surface area contributed by atoms with Crippen LogP contribution >= 0.6 is 0 Å². The van der Waals surface area contributed by atoms with Crippen LogP contribution in [0.5, 0.6) is 0 Å². The van der Waals surface area contributed by atoms with Gasteiger partial charge in [-0.2, -0.15) is 0 Å². The fraction of sp³-hybridized carbons (Fsp3) is 0.867. The van der Waals surface area contributed by atoms with Crippen molar-refractivity contribution in [3.05, 3.63) is 0 Å². The average molecular weight is 282 g/mol. The van der Waals surface area contributed by atoms with Crippen LogP contribution in [-0.2, 0) is 4.79 Å². The van der Waals surface area contributed by atoms with Crippen LogP contribution in [-0.4, -0.2) is 41.6 Å². The molecule has 5 nitrogen and oxygen atoms in total. The second-order valence-corrected chi connectivity index (χ2v) is 7.08. The van der Waals surface area contributed by atoms with Crippen LogP contribution in [0.15, 0.2) is 0 Å². The van der Waals surface area contributed by atoms with Gasteiger partial charge in [-0.05, 0) is 43.4 Å². The van der Waals surface area contributed by atoms with Crippen molar-refractivity contribution in [2.24, 2.45) is 17.3 Å². The van der Waals surface area contributed by atoms with E-state index in [1.807, 2.05) is 4.90 Å². The third kappa shape index (κ3) is 3.87. The first-order valence-corrected chi connectivity index (χ1v) is 7.63. The molecule has 2 fully saturated rings. The Morgan fingerprint density at radius 2 is 1.90 bits per heavy atom. The first-order valence-electron chi connectivity index (χ1n) is 7.63. The zero-order chi connectivity index (χ0) is 14.8. The second-order valence-electron chi connectivity index (χ2n) is 7.08. The third-order valence-corrected chi connectivity index (χ3v) is 4.70. The molecule has 1 aliphatic heterocycles. The van der Waals surface area contributed by atoms with Crippen molar-refractivity contribution < 1.29 is 14.7 Å². The monoisotopic (exact) mass is 282 g/mol. The quantitative estimate of drug-likeness (QED) is 0.834. The molecule has 2 rings (SSSR count). The van der Waals surface area contributed by atoms with Gasteiger partial charge < -0.3 is 15.3 Å². The molecule has 0 atom stereocenters. The molecule has 0 bridgehead atoms. The zero-order valence-electron chi connectivity index (χ0n) is 12.5. The summed E-state index contributed by atoms with van der Waals surface area (Å²) >= 11 is 0. The van der Waals surface area contributed by atoms with Crippen molar-refractivity contribution in [2.45, 2.75) is 46.0 Å². The van der Waals surface area contributed by atoms with Crippen LogP contribution < -0.4 is 5.32 Å². The van der Waals surface area contributed by atoms with Gasteiger partial charge in [0.25, 0.3) is 0 Å². The van der Waals surface area contributed by atoms with Crippen LogP contribution in [0.3, 0.4) is 0 Å². The number of aliphatic carboxylic acids is 1. The standard InChI is InChI=1S/C15H26N2O3/c1-15(2)7-8-17(10-15)14(20)16-9-11-3-5-12(6-4-11)13(18)19/h11-12H,3-10H2,1-2H3,(H,16,20)(H,18,19). The zero-order valence-corrected chi connectivity index (χ0v) is 12.5. The maximum absolute atomic E-state index is 12.1. The molecule has 1 saturated carbocycles. The first-order chi connectivity index (χ1) is 9.37. The lowest BCUT2D eigenvalue weighted by molar-refractivity contribution is -0.143. The molecule has 1 saturated heterocycles. The molecule has 0 spiro atoms. The van der Waals surface area contributed by atoms with Gasteiger partial charge in [0.1, 0.15) is 0 Å². The van der Waals surface area contributed by atoms with Crippen molar-refractivity contribution in [1.82, 2.24) is 10.2 Å². The minimum absolute atomic E-state index is 0.0379. The van der Waals surface area contributed by atoms with Gasteiger partial charge >= 0.3 is 12.0 Å². The second kappa shape index (κ2) is 6.02. The van der Waals surface area contributed by atoms with E-state index in [9.17, 15) is 9.59 Å². The number of carbonyl (C=O) groups is 2. The van der Waals surface area contributed by atoms with Gasteiger partial charge in [-0.25, -0.2) is 4.79 Å². The average Bonchev–Trinajstić information content (AvgIpc) is 2.77. The molecule has 114 valence electrons. The molecule has 1 heterocycles. The Morgan fingerprint density at radius 1 is 1.25 bits per heavy atom. The Kier molecular flexibility index (Phi) is 4.55. The van der Waals surface area contributed by atoms with Gasteiger partial charge in [0.2, 0.25) is 0 Å². The number of hydrogen-bond donors (Lipinski definition) is 2.